The average Bonchev–Trinajstić information content (AvgIpc) is 2.80. The molecule has 2 unspecified atom stereocenters. The first kappa shape index (κ1) is 13.4. The largest absolute Gasteiger partial charge is 0.488 e. The lowest BCUT2D eigenvalue weighted by molar-refractivity contribution is 0.0570. The molecule has 0 spiro atoms. The number of aliphatic hydroxyl groups is 1. The molecule has 0 radical (unpaired) electrons. The Bertz CT molecular complexity index is 452. The summed E-state index contributed by atoms with van der Waals surface area (Å²) in [6, 6.07) is 6.54. The van der Waals surface area contributed by atoms with Gasteiger partial charge in [0.1, 0.15) is 11.9 Å². The molecule has 4 heteroatoms. The molecule has 2 aliphatic rings. The van der Waals surface area contributed by atoms with E-state index in [2.05, 4.69) is 26.9 Å². The van der Waals surface area contributed by atoms with Crippen LogP contribution in [0.2, 0.25) is 0 Å². The lowest BCUT2D eigenvalue weighted by Crippen LogP contribution is -2.46. The summed E-state index contributed by atoms with van der Waals surface area (Å²) in [5, 5.41) is 9.46. The number of hydrogen-bond donors (Lipinski definition) is 1. The van der Waals surface area contributed by atoms with Gasteiger partial charge in [-0.15, -0.1) is 0 Å². The molecule has 19 heavy (non-hydrogen) atoms. The Kier molecular flexibility index (Phi) is 4.10. The van der Waals surface area contributed by atoms with Crippen LogP contribution in [0.25, 0.3) is 0 Å². The predicted molar refractivity (Wildman–Crippen MR) is 78.6 cm³/mol. The molecule has 1 N–H and O–H groups in total. The molecule has 2 heterocycles. The molecule has 1 aromatic carbocycles. The van der Waals surface area contributed by atoms with Gasteiger partial charge in [-0.2, -0.15) is 0 Å². The van der Waals surface area contributed by atoms with E-state index in [0.717, 1.165) is 36.2 Å². The minimum absolute atomic E-state index is 0.233. The summed E-state index contributed by atoms with van der Waals surface area (Å²) in [7, 11) is 0. The second kappa shape index (κ2) is 5.81. The number of aliphatic hydroxyl groups excluding tert-OH is 1. The summed E-state index contributed by atoms with van der Waals surface area (Å²) < 4.78 is 7.13. The lowest BCUT2D eigenvalue weighted by Gasteiger charge is -2.35. The number of likely N-dealkylation sites (tertiary alicyclic amines) is 1. The highest BCUT2D eigenvalue weighted by Gasteiger charge is 2.29. The molecule has 2 atom stereocenters. The zero-order valence-electron chi connectivity index (χ0n) is 11.0. The Labute approximate surface area is 122 Å². The van der Waals surface area contributed by atoms with E-state index in [4.69, 9.17) is 4.74 Å². The van der Waals surface area contributed by atoms with Gasteiger partial charge in [0, 0.05) is 23.5 Å². The molecular formula is C15H20BrNO2. The van der Waals surface area contributed by atoms with Crippen LogP contribution in [-0.2, 0) is 6.42 Å². The normalized spacial score (nSPS) is 27.1. The molecule has 3 nitrogen and oxygen atoms in total. The van der Waals surface area contributed by atoms with Crippen LogP contribution in [0, 0.1) is 0 Å². The third-order valence-electron chi connectivity index (χ3n) is 4.16. The zero-order chi connectivity index (χ0) is 13.2. The maximum absolute atomic E-state index is 9.46. The highest BCUT2D eigenvalue weighted by Crippen LogP contribution is 2.32. The van der Waals surface area contributed by atoms with Gasteiger partial charge in [-0.05, 0) is 43.1 Å². The van der Waals surface area contributed by atoms with Crippen LogP contribution in [0.15, 0.2) is 22.7 Å². The number of benzene rings is 1. The molecule has 0 aromatic heterocycles. The molecule has 0 aliphatic carbocycles. The highest BCUT2D eigenvalue weighted by molar-refractivity contribution is 9.10. The van der Waals surface area contributed by atoms with E-state index in [-0.39, 0.29) is 12.7 Å². The fraction of sp³-hybridized carbons (Fsp3) is 0.600. The number of nitrogens with zero attached hydrogens (tertiary/aromatic N) is 1. The van der Waals surface area contributed by atoms with Crippen LogP contribution in [0.4, 0.5) is 0 Å². The van der Waals surface area contributed by atoms with Crippen LogP contribution in [0.3, 0.4) is 0 Å². The first-order valence-electron chi connectivity index (χ1n) is 7.06. The standard InChI is InChI=1S/C15H20BrNO2/c16-12-4-5-15-11(7-12)8-14(19-15)9-17-6-2-1-3-13(17)10-18/h4-5,7,13-14,18H,1-3,6,8-10H2. The van der Waals surface area contributed by atoms with E-state index in [1.165, 1.54) is 18.4 Å². The van der Waals surface area contributed by atoms with E-state index < -0.39 is 0 Å². The van der Waals surface area contributed by atoms with E-state index in [1.54, 1.807) is 0 Å². The quantitative estimate of drug-likeness (QED) is 0.927. The van der Waals surface area contributed by atoms with Crippen molar-refractivity contribution in [2.75, 3.05) is 19.7 Å². The fourth-order valence-corrected chi connectivity index (χ4v) is 3.57. The average molecular weight is 326 g/mol. The van der Waals surface area contributed by atoms with Gasteiger partial charge in [0.2, 0.25) is 0 Å². The molecule has 0 amide bonds. The number of fused-ring (bicyclic) bond motifs is 1. The topological polar surface area (TPSA) is 32.7 Å². The second-order valence-electron chi connectivity index (χ2n) is 5.52. The number of hydrogen-bond acceptors (Lipinski definition) is 3. The summed E-state index contributed by atoms with van der Waals surface area (Å²) in [4.78, 5) is 2.40. The predicted octanol–water partition coefficient (Wildman–Crippen LogP) is 2.60. The monoisotopic (exact) mass is 325 g/mol. The SMILES string of the molecule is OCC1CCCCN1CC1Cc2cc(Br)ccc2O1. The molecule has 0 bridgehead atoms. The molecule has 2 aliphatic heterocycles. The van der Waals surface area contributed by atoms with E-state index in [0.29, 0.717) is 6.04 Å². The molecular weight excluding hydrogens is 306 g/mol. The van der Waals surface area contributed by atoms with Crippen molar-refractivity contribution in [3.8, 4) is 5.75 Å². The Morgan fingerprint density at radius 3 is 3.11 bits per heavy atom. The minimum Gasteiger partial charge on any atom is -0.488 e. The highest BCUT2D eigenvalue weighted by atomic mass is 79.9. The van der Waals surface area contributed by atoms with Gasteiger partial charge in [-0.1, -0.05) is 22.4 Å². The maximum Gasteiger partial charge on any atom is 0.123 e. The van der Waals surface area contributed by atoms with Crippen molar-refractivity contribution >= 4 is 15.9 Å². The summed E-state index contributed by atoms with van der Waals surface area (Å²) in [5.41, 5.74) is 1.29. The van der Waals surface area contributed by atoms with Gasteiger partial charge in [0.05, 0.1) is 6.61 Å². The Morgan fingerprint density at radius 1 is 1.37 bits per heavy atom. The van der Waals surface area contributed by atoms with E-state index >= 15 is 0 Å². The Balaban J connectivity index is 1.63. The van der Waals surface area contributed by atoms with Gasteiger partial charge < -0.3 is 9.84 Å². The van der Waals surface area contributed by atoms with Crippen LogP contribution in [0.5, 0.6) is 5.75 Å². The minimum atomic E-state index is 0.233. The first-order chi connectivity index (χ1) is 9.26. The molecule has 0 saturated carbocycles. The van der Waals surface area contributed by atoms with Crippen molar-refractivity contribution in [2.45, 2.75) is 37.8 Å². The number of rotatable bonds is 3. The Morgan fingerprint density at radius 2 is 2.26 bits per heavy atom. The summed E-state index contributed by atoms with van der Waals surface area (Å²) in [6.07, 6.45) is 4.80. The summed E-state index contributed by atoms with van der Waals surface area (Å²) >= 11 is 3.51. The van der Waals surface area contributed by atoms with Gasteiger partial charge in [-0.3, -0.25) is 4.90 Å². The Hall–Kier alpha value is -0.580. The molecule has 1 fully saturated rings. The first-order valence-corrected chi connectivity index (χ1v) is 7.85. The van der Waals surface area contributed by atoms with Crippen molar-refractivity contribution in [2.24, 2.45) is 0 Å². The smallest absolute Gasteiger partial charge is 0.123 e. The van der Waals surface area contributed by atoms with Crippen LogP contribution < -0.4 is 4.74 Å². The third kappa shape index (κ3) is 2.96. The van der Waals surface area contributed by atoms with Crippen LogP contribution in [0.1, 0.15) is 24.8 Å². The third-order valence-corrected chi connectivity index (χ3v) is 4.65. The van der Waals surface area contributed by atoms with Gasteiger partial charge in [0.25, 0.3) is 0 Å². The summed E-state index contributed by atoms with van der Waals surface area (Å²) in [5.74, 6) is 1.02. The molecule has 1 saturated heterocycles. The maximum atomic E-state index is 9.46. The van der Waals surface area contributed by atoms with Crippen LogP contribution in [-0.4, -0.2) is 41.8 Å². The second-order valence-corrected chi connectivity index (χ2v) is 6.44. The fourth-order valence-electron chi connectivity index (χ4n) is 3.16. The number of ether oxygens (including phenoxy) is 1. The number of halogens is 1. The van der Waals surface area contributed by atoms with Crippen LogP contribution >= 0.6 is 15.9 Å². The van der Waals surface area contributed by atoms with Crippen molar-refractivity contribution in [1.82, 2.24) is 4.90 Å². The molecule has 1 aromatic rings. The van der Waals surface area contributed by atoms with Crippen molar-refractivity contribution in [3.63, 3.8) is 0 Å². The molecule has 104 valence electrons. The van der Waals surface area contributed by atoms with E-state index in [9.17, 15) is 5.11 Å². The van der Waals surface area contributed by atoms with Crippen molar-refractivity contribution < 1.29 is 9.84 Å². The van der Waals surface area contributed by atoms with Crippen molar-refractivity contribution in [3.05, 3.63) is 28.2 Å². The van der Waals surface area contributed by atoms with Crippen molar-refractivity contribution in [1.29, 1.82) is 0 Å². The van der Waals surface area contributed by atoms with Gasteiger partial charge >= 0.3 is 0 Å². The number of piperidine rings is 1. The van der Waals surface area contributed by atoms with Gasteiger partial charge in [-0.25, -0.2) is 0 Å². The zero-order valence-corrected chi connectivity index (χ0v) is 12.6. The summed E-state index contributed by atoms with van der Waals surface area (Å²) in [6.45, 7) is 2.29. The lowest BCUT2D eigenvalue weighted by atomic mass is 10.0. The molecule has 3 rings (SSSR count). The van der Waals surface area contributed by atoms with Gasteiger partial charge in [0.15, 0.2) is 0 Å². The van der Waals surface area contributed by atoms with E-state index in [1.807, 2.05) is 12.1 Å².